The second-order valence-electron chi connectivity index (χ2n) is 7.49. The summed E-state index contributed by atoms with van der Waals surface area (Å²) in [5.41, 5.74) is 0.195. The van der Waals surface area contributed by atoms with E-state index in [1.54, 1.807) is 13.0 Å². The molecule has 0 bridgehead atoms. The molecular formula is C19H30N2O4. The van der Waals surface area contributed by atoms with Gasteiger partial charge in [-0.15, -0.1) is 0 Å². The largest absolute Gasteiger partial charge is 0.463 e. The predicted molar refractivity (Wildman–Crippen MR) is 96.2 cm³/mol. The van der Waals surface area contributed by atoms with Gasteiger partial charge in [0, 0.05) is 30.7 Å². The summed E-state index contributed by atoms with van der Waals surface area (Å²) < 4.78 is 10.6. The van der Waals surface area contributed by atoms with Crippen molar-refractivity contribution < 1.29 is 19.1 Å². The molecule has 140 valence electrons. The van der Waals surface area contributed by atoms with Crippen molar-refractivity contribution in [2.24, 2.45) is 0 Å². The monoisotopic (exact) mass is 350 g/mol. The zero-order valence-electron chi connectivity index (χ0n) is 15.7. The Morgan fingerprint density at radius 3 is 2.80 bits per heavy atom. The minimum Gasteiger partial charge on any atom is -0.463 e. The summed E-state index contributed by atoms with van der Waals surface area (Å²) in [5.74, 6) is -0.255. The van der Waals surface area contributed by atoms with Crippen molar-refractivity contribution in [3.63, 3.8) is 0 Å². The van der Waals surface area contributed by atoms with Crippen molar-refractivity contribution in [3.8, 4) is 0 Å². The normalized spacial score (nSPS) is 23.4. The van der Waals surface area contributed by atoms with Gasteiger partial charge in [0.05, 0.1) is 6.61 Å². The lowest BCUT2D eigenvalue weighted by Gasteiger charge is -2.30. The van der Waals surface area contributed by atoms with Gasteiger partial charge in [-0.1, -0.05) is 18.2 Å². The van der Waals surface area contributed by atoms with E-state index in [4.69, 9.17) is 9.47 Å². The van der Waals surface area contributed by atoms with Crippen LogP contribution in [0.25, 0.3) is 0 Å². The number of allylic oxidation sites excluding steroid dienone is 2. The Labute approximate surface area is 150 Å². The maximum atomic E-state index is 12.3. The van der Waals surface area contributed by atoms with Gasteiger partial charge in [0.1, 0.15) is 5.60 Å². The fourth-order valence-electron chi connectivity index (χ4n) is 3.09. The topological polar surface area (TPSA) is 67.9 Å². The fraction of sp³-hybridized carbons (Fsp3) is 0.684. The van der Waals surface area contributed by atoms with Crippen molar-refractivity contribution in [3.05, 3.63) is 23.8 Å². The molecule has 6 heteroatoms. The fourth-order valence-corrected chi connectivity index (χ4v) is 3.09. The van der Waals surface area contributed by atoms with Gasteiger partial charge in [-0.3, -0.25) is 0 Å². The van der Waals surface area contributed by atoms with Crippen LogP contribution in [-0.2, 0) is 14.3 Å². The molecule has 0 aromatic rings. The van der Waals surface area contributed by atoms with Crippen molar-refractivity contribution in [1.29, 1.82) is 0 Å². The Hall–Kier alpha value is -1.82. The van der Waals surface area contributed by atoms with E-state index < -0.39 is 5.60 Å². The van der Waals surface area contributed by atoms with Crippen LogP contribution in [-0.4, -0.2) is 54.3 Å². The van der Waals surface area contributed by atoms with Gasteiger partial charge in [0.25, 0.3) is 0 Å². The van der Waals surface area contributed by atoms with Gasteiger partial charge in [-0.25, -0.2) is 9.59 Å². The van der Waals surface area contributed by atoms with Crippen molar-refractivity contribution in [2.45, 2.75) is 64.6 Å². The quantitative estimate of drug-likeness (QED) is 0.772. The Balaban J connectivity index is 1.84. The number of carbonyl (C=O) groups excluding carboxylic acids is 2. The summed E-state index contributed by atoms with van der Waals surface area (Å²) in [6, 6.07) is 0.200. The Kier molecular flexibility index (Phi) is 6.64. The van der Waals surface area contributed by atoms with Crippen molar-refractivity contribution in [1.82, 2.24) is 10.2 Å². The smallest absolute Gasteiger partial charge is 0.410 e. The predicted octanol–water partition coefficient (Wildman–Crippen LogP) is 2.79. The van der Waals surface area contributed by atoms with Crippen LogP contribution in [0.3, 0.4) is 0 Å². The molecule has 1 aliphatic heterocycles. The van der Waals surface area contributed by atoms with Gasteiger partial charge >= 0.3 is 12.1 Å². The van der Waals surface area contributed by atoms with E-state index in [2.05, 4.69) is 5.32 Å². The van der Waals surface area contributed by atoms with Gasteiger partial charge in [0.2, 0.25) is 0 Å². The number of ether oxygens (including phenoxy) is 2. The minimum absolute atomic E-state index is 0.0745. The molecule has 0 radical (unpaired) electrons. The standard InChI is InChI=1S/C19H30N2O4/c1-5-24-17(22)14-8-6-9-15(12-14)20-13-16-10-7-11-21(16)18(23)25-19(2,3)4/h6,8-9,15-16,20H,5,7,10-13H2,1-4H3/t15?,16-/m0/s1. The molecule has 2 aliphatic rings. The van der Waals surface area contributed by atoms with E-state index in [-0.39, 0.29) is 24.1 Å². The van der Waals surface area contributed by atoms with E-state index in [9.17, 15) is 9.59 Å². The molecule has 0 aromatic heterocycles. The summed E-state index contributed by atoms with van der Waals surface area (Å²) >= 11 is 0. The number of nitrogens with zero attached hydrogens (tertiary/aromatic N) is 1. The van der Waals surface area contributed by atoms with Crippen LogP contribution in [0.4, 0.5) is 4.79 Å². The number of hydrogen-bond acceptors (Lipinski definition) is 5. The van der Waals surface area contributed by atoms with E-state index >= 15 is 0 Å². The van der Waals surface area contributed by atoms with E-state index in [0.29, 0.717) is 25.1 Å². The lowest BCUT2D eigenvalue weighted by atomic mass is 10.0. The zero-order chi connectivity index (χ0) is 18.4. The molecule has 1 N–H and O–H groups in total. The van der Waals surface area contributed by atoms with Crippen LogP contribution in [0.5, 0.6) is 0 Å². The SMILES string of the molecule is CCOC(=O)C1=CC=CC(NC[C@@H]2CCCN2C(=O)OC(C)(C)C)C1. The number of rotatable bonds is 5. The molecule has 1 fully saturated rings. The van der Waals surface area contributed by atoms with Crippen molar-refractivity contribution >= 4 is 12.1 Å². The Morgan fingerprint density at radius 1 is 1.36 bits per heavy atom. The van der Waals surface area contributed by atoms with Crippen LogP contribution >= 0.6 is 0 Å². The maximum absolute atomic E-state index is 12.3. The van der Waals surface area contributed by atoms with Crippen LogP contribution < -0.4 is 5.32 Å². The average Bonchev–Trinajstić information content (AvgIpc) is 3.00. The average molecular weight is 350 g/mol. The van der Waals surface area contributed by atoms with Gasteiger partial charge in [-0.05, 0) is 47.0 Å². The molecule has 1 amide bonds. The van der Waals surface area contributed by atoms with E-state index in [0.717, 1.165) is 19.4 Å². The molecule has 0 saturated carbocycles. The second kappa shape index (κ2) is 8.52. The third-order valence-electron chi connectivity index (χ3n) is 4.24. The van der Waals surface area contributed by atoms with Gasteiger partial charge < -0.3 is 19.7 Å². The third kappa shape index (κ3) is 5.88. The summed E-state index contributed by atoms with van der Waals surface area (Å²) in [6.45, 7) is 9.24. The minimum atomic E-state index is -0.483. The number of amides is 1. The molecular weight excluding hydrogens is 320 g/mol. The highest BCUT2D eigenvalue weighted by molar-refractivity contribution is 5.89. The highest BCUT2D eigenvalue weighted by Crippen LogP contribution is 2.21. The van der Waals surface area contributed by atoms with Gasteiger partial charge in [-0.2, -0.15) is 0 Å². The number of hydrogen-bond donors (Lipinski definition) is 1. The number of esters is 1. The zero-order valence-corrected chi connectivity index (χ0v) is 15.7. The maximum Gasteiger partial charge on any atom is 0.410 e. The molecule has 6 nitrogen and oxygen atoms in total. The van der Waals surface area contributed by atoms with Crippen LogP contribution in [0, 0.1) is 0 Å². The summed E-state index contributed by atoms with van der Waals surface area (Å²) in [6.07, 6.45) is 8.03. The molecule has 25 heavy (non-hydrogen) atoms. The Morgan fingerprint density at radius 2 is 2.12 bits per heavy atom. The first-order chi connectivity index (χ1) is 11.8. The third-order valence-corrected chi connectivity index (χ3v) is 4.24. The molecule has 1 unspecified atom stereocenters. The lowest BCUT2D eigenvalue weighted by molar-refractivity contribution is -0.138. The Bertz CT molecular complexity index is 548. The molecule has 2 rings (SSSR count). The van der Waals surface area contributed by atoms with Crippen LogP contribution in [0.2, 0.25) is 0 Å². The number of likely N-dealkylation sites (tertiary alicyclic amines) is 1. The van der Waals surface area contributed by atoms with Crippen molar-refractivity contribution in [2.75, 3.05) is 19.7 Å². The molecule has 1 saturated heterocycles. The molecule has 1 aliphatic carbocycles. The van der Waals surface area contributed by atoms with Crippen LogP contribution in [0.1, 0.15) is 47.0 Å². The van der Waals surface area contributed by atoms with Crippen LogP contribution in [0.15, 0.2) is 23.8 Å². The first-order valence-electron chi connectivity index (χ1n) is 9.07. The van der Waals surface area contributed by atoms with Gasteiger partial charge in [0.15, 0.2) is 0 Å². The first-order valence-corrected chi connectivity index (χ1v) is 9.07. The molecule has 0 aromatic carbocycles. The van der Waals surface area contributed by atoms with E-state index in [1.165, 1.54) is 0 Å². The summed E-state index contributed by atoms with van der Waals surface area (Å²) in [7, 11) is 0. The highest BCUT2D eigenvalue weighted by Gasteiger charge is 2.32. The number of nitrogens with one attached hydrogen (secondary N) is 1. The highest BCUT2D eigenvalue weighted by atomic mass is 16.6. The summed E-state index contributed by atoms with van der Waals surface area (Å²) in [5, 5.41) is 3.45. The first kappa shape index (κ1) is 19.5. The van der Waals surface area contributed by atoms with E-state index in [1.807, 2.05) is 37.8 Å². The molecule has 2 atom stereocenters. The lowest BCUT2D eigenvalue weighted by Crippen LogP contribution is -2.46. The summed E-state index contributed by atoms with van der Waals surface area (Å²) in [4.78, 5) is 26.0. The molecule has 1 heterocycles. The number of carbonyl (C=O) groups is 2. The molecule has 0 spiro atoms. The second-order valence-corrected chi connectivity index (χ2v) is 7.49.